The van der Waals surface area contributed by atoms with Crippen LogP contribution in [0.25, 0.3) is 21.3 Å². The Kier molecular flexibility index (Phi) is 5.83. The lowest BCUT2D eigenvalue weighted by atomic mass is 10.1. The Morgan fingerprint density at radius 1 is 0.969 bits per heavy atom. The van der Waals surface area contributed by atoms with E-state index in [1.165, 1.54) is 23.0 Å². The van der Waals surface area contributed by atoms with Crippen molar-refractivity contribution in [2.45, 2.75) is 6.54 Å². The zero-order chi connectivity index (χ0) is 22.8. The minimum absolute atomic E-state index is 0.224. The first-order valence-corrected chi connectivity index (χ1v) is 10.6. The number of fused-ring (bicyclic) bond motifs is 1. The van der Waals surface area contributed by atoms with E-state index < -0.39 is 11.2 Å². The van der Waals surface area contributed by atoms with E-state index in [2.05, 4.69) is 5.32 Å². The van der Waals surface area contributed by atoms with Gasteiger partial charge in [-0.1, -0.05) is 12.1 Å². The number of ether oxygens (including phenoxy) is 2. The Hall–Kier alpha value is -3.85. The topological polar surface area (TPSA) is 91.6 Å². The van der Waals surface area contributed by atoms with Crippen LogP contribution in [0.3, 0.4) is 0 Å². The molecule has 8 nitrogen and oxygen atoms in total. The molecular formula is C23H21N3O5S. The van der Waals surface area contributed by atoms with Gasteiger partial charge in [0.15, 0.2) is 0 Å². The van der Waals surface area contributed by atoms with Crippen molar-refractivity contribution in [3.63, 3.8) is 0 Å². The van der Waals surface area contributed by atoms with Crippen LogP contribution < -0.4 is 26.0 Å². The maximum Gasteiger partial charge on any atom is 0.332 e. The Labute approximate surface area is 187 Å². The Balaban J connectivity index is 1.72. The standard InChI is InChI=1S/C23H21N3O5S/c1-25-21(28)20-18(14-4-8-16(30-2)9-5-14)13-32-22(20)26(23(25)29)12-19(27)24-15-6-10-17(31-3)11-7-15/h4-11,13H,12H2,1-3H3,(H,24,27). The van der Waals surface area contributed by atoms with Crippen molar-refractivity contribution < 1.29 is 14.3 Å². The maximum atomic E-state index is 12.9. The molecule has 2 heterocycles. The Bertz CT molecular complexity index is 1400. The molecule has 0 atom stereocenters. The van der Waals surface area contributed by atoms with Crippen molar-refractivity contribution in [2.75, 3.05) is 19.5 Å². The predicted molar refractivity (Wildman–Crippen MR) is 125 cm³/mol. The number of carbonyl (C=O) groups is 1. The monoisotopic (exact) mass is 451 g/mol. The van der Waals surface area contributed by atoms with Gasteiger partial charge < -0.3 is 14.8 Å². The summed E-state index contributed by atoms with van der Waals surface area (Å²) in [6, 6.07) is 14.2. The Morgan fingerprint density at radius 2 is 1.56 bits per heavy atom. The van der Waals surface area contributed by atoms with E-state index in [0.717, 1.165) is 10.1 Å². The maximum absolute atomic E-state index is 12.9. The molecule has 1 amide bonds. The summed E-state index contributed by atoms with van der Waals surface area (Å²) in [7, 11) is 4.56. The minimum atomic E-state index is -0.546. The number of anilines is 1. The number of thiophene rings is 1. The fourth-order valence-electron chi connectivity index (χ4n) is 3.42. The molecule has 0 aliphatic carbocycles. The number of nitrogens with zero attached hydrogens (tertiary/aromatic N) is 2. The molecule has 164 valence electrons. The lowest BCUT2D eigenvalue weighted by Gasteiger charge is -2.11. The summed E-state index contributed by atoms with van der Waals surface area (Å²) < 4.78 is 12.7. The highest BCUT2D eigenvalue weighted by molar-refractivity contribution is 7.17. The summed E-state index contributed by atoms with van der Waals surface area (Å²) in [5.41, 5.74) is 1.16. The zero-order valence-corrected chi connectivity index (χ0v) is 18.6. The van der Waals surface area contributed by atoms with E-state index in [-0.39, 0.29) is 12.5 Å². The van der Waals surface area contributed by atoms with E-state index in [0.29, 0.717) is 33.0 Å². The first-order chi connectivity index (χ1) is 15.4. The van der Waals surface area contributed by atoms with E-state index >= 15 is 0 Å². The number of benzene rings is 2. The summed E-state index contributed by atoms with van der Waals surface area (Å²) in [6.45, 7) is -0.224. The smallest absolute Gasteiger partial charge is 0.332 e. The van der Waals surface area contributed by atoms with Gasteiger partial charge in [0.2, 0.25) is 5.91 Å². The first kappa shape index (κ1) is 21.4. The Morgan fingerprint density at radius 3 is 2.16 bits per heavy atom. The van der Waals surface area contributed by atoms with Crippen LogP contribution in [-0.2, 0) is 18.4 Å². The SMILES string of the molecule is COc1ccc(NC(=O)Cn2c(=O)n(C)c(=O)c3c(-c4ccc(OC)cc4)csc32)cc1. The third-order valence-electron chi connectivity index (χ3n) is 5.13. The van der Waals surface area contributed by atoms with Crippen molar-refractivity contribution in [2.24, 2.45) is 7.05 Å². The minimum Gasteiger partial charge on any atom is -0.497 e. The fraction of sp³-hybridized carbons (Fsp3) is 0.174. The second kappa shape index (κ2) is 8.72. The van der Waals surface area contributed by atoms with Gasteiger partial charge in [0, 0.05) is 23.7 Å². The quantitative estimate of drug-likeness (QED) is 0.487. The molecule has 0 bridgehead atoms. The van der Waals surface area contributed by atoms with Crippen molar-refractivity contribution in [3.05, 3.63) is 74.7 Å². The largest absolute Gasteiger partial charge is 0.497 e. The van der Waals surface area contributed by atoms with Gasteiger partial charge in [-0.3, -0.25) is 18.7 Å². The summed E-state index contributed by atoms with van der Waals surface area (Å²) in [4.78, 5) is 38.9. The number of aromatic nitrogens is 2. The van der Waals surface area contributed by atoms with Crippen molar-refractivity contribution in [1.82, 2.24) is 9.13 Å². The molecule has 4 aromatic rings. The summed E-state index contributed by atoms with van der Waals surface area (Å²) in [5, 5.41) is 4.99. The van der Waals surface area contributed by atoms with Crippen molar-refractivity contribution in [1.29, 1.82) is 0 Å². The molecule has 0 fully saturated rings. The number of hydrogen-bond acceptors (Lipinski definition) is 6. The molecule has 0 unspecified atom stereocenters. The molecule has 0 aliphatic heterocycles. The van der Waals surface area contributed by atoms with Gasteiger partial charge in [0.05, 0.1) is 19.6 Å². The number of amides is 1. The molecule has 0 aliphatic rings. The van der Waals surface area contributed by atoms with Crippen LogP contribution in [0.15, 0.2) is 63.5 Å². The van der Waals surface area contributed by atoms with Crippen LogP contribution >= 0.6 is 11.3 Å². The summed E-state index contributed by atoms with van der Waals surface area (Å²) in [6.07, 6.45) is 0. The van der Waals surface area contributed by atoms with Crippen LogP contribution in [0, 0.1) is 0 Å². The average molecular weight is 452 g/mol. The predicted octanol–water partition coefficient (Wildman–Crippen LogP) is 3.08. The van der Waals surface area contributed by atoms with Gasteiger partial charge in [0.25, 0.3) is 5.56 Å². The lowest BCUT2D eigenvalue weighted by molar-refractivity contribution is -0.116. The first-order valence-electron chi connectivity index (χ1n) is 9.72. The average Bonchev–Trinajstić information content (AvgIpc) is 3.26. The highest BCUT2D eigenvalue weighted by Crippen LogP contribution is 2.32. The number of methoxy groups -OCH3 is 2. The van der Waals surface area contributed by atoms with Crippen molar-refractivity contribution >= 4 is 33.1 Å². The second-order valence-corrected chi connectivity index (χ2v) is 7.93. The van der Waals surface area contributed by atoms with E-state index in [1.54, 1.807) is 38.5 Å². The summed E-state index contributed by atoms with van der Waals surface area (Å²) >= 11 is 1.26. The molecule has 1 N–H and O–H groups in total. The number of nitrogens with one attached hydrogen (secondary N) is 1. The van der Waals surface area contributed by atoms with Crippen LogP contribution in [0.1, 0.15) is 0 Å². The molecule has 2 aromatic heterocycles. The normalized spacial score (nSPS) is 10.8. The molecule has 0 saturated heterocycles. The van der Waals surface area contributed by atoms with E-state index in [1.807, 2.05) is 29.6 Å². The molecule has 4 rings (SSSR count). The van der Waals surface area contributed by atoms with Crippen LogP contribution in [0.4, 0.5) is 5.69 Å². The molecule has 0 spiro atoms. The van der Waals surface area contributed by atoms with Crippen LogP contribution in [0.2, 0.25) is 0 Å². The highest BCUT2D eigenvalue weighted by atomic mass is 32.1. The summed E-state index contributed by atoms with van der Waals surface area (Å²) in [5.74, 6) is 0.994. The molecule has 0 radical (unpaired) electrons. The highest BCUT2D eigenvalue weighted by Gasteiger charge is 2.19. The van der Waals surface area contributed by atoms with Crippen LogP contribution in [0.5, 0.6) is 11.5 Å². The second-order valence-electron chi connectivity index (χ2n) is 7.07. The van der Waals surface area contributed by atoms with Gasteiger partial charge in [-0.25, -0.2) is 4.79 Å². The third-order valence-corrected chi connectivity index (χ3v) is 6.13. The van der Waals surface area contributed by atoms with E-state index in [4.69, 9.17) is 9.47 Å². The van der Waals surface area contributed by atoms with Gasteiger partial charge >= 0.3 is 5.69 Å². The van der Waals surface area contributed by atoms with E-state index in [9.17, 15) is 14.4 Å². The lowest BCUT2D eigenvalue weighted by Crippen LogP contribution is -2.39. The molecule has 2 aromatic carbocycles. The van der Waals surface area contributed by atoms with Gasteiger partial charge in [-0.2, -0.15) is 0 Å². The van der Waals surface area contributed by atoms with Gasteiger partial charge in [0.1, 0.15) is 22.9 Å². The number of rotatable bonds is 6. The van der Waals surface area contributed by atoms with Gasteiger partial charge in [-0.15, -0.1) is 11.3 Å². The molecule has 32 heavy (non-hydrogen) atoms. The fourth-order valence-corrected chi connectivity index (χ4v) is 4.48. The number of carbonyl (C=O) groups excluding carboxylic acids is 1. The molecular weight excluding hydrogens is 430 g/mol. The van der Waals surface area contributed by atoms with Crippen LogP contribution in [-0.4, -0.2) is 29.3 Å². The third kappa shape index (κ3) is 3.90. The zero-order valence-electron chi connectivity index (χ0n) is 17.7. The molecule has 0 saturated carbocycles. The molecule has 9 heteroatoms. The van der Waals surface area contributed by atoms with Crippen molar-refractivity contribution in [3.8, 4) is 22.6 Å². The van der Waals surface area contributed by atoms with Gasteiger partial charge in [-0.05, 0) is 42.0 Å². The number of hydrogen-bond donors (Lipinski definition) is 1.